The summed E-state index contributed by atoms with van der Waals surface area (Å²) in [5, 5.41) is 17.4. The summed E-state index contributed by atoms with van der Waals surface area (Å²) < 4.78 is 0. The molecule has 0 fully saturated rings. The molecule has 1 atom stereocenters. The third-order valence-corrected chi connectivity index (χ3v) is 2.94. The highest BCUT2D eigenvalue weighted by molar-refractivity contribution is 5.77. The Hall–Kier alpha value is -1.10. The van der Waals surface area contributed by atoms with E-state index in [2.05, 4.69) is 18.7 Å². The van der Waals surface area contributed by atoms with Gasteiger partial charge in [-0.1, -0.05) is 20.3 Å². The Balaban J connectivity index is 3.82. The molecule has 0 aromatic rings. The lowest BCUT2D eigenvalue weighted by atomic mass is 9.98. The molecule has 0 aliphatic carbocycles. The molecule has 0 aromatic heterocycles. The van der Waals surface area contributed by atoms with E-state index in [1.54, 1.807) is 0 Å². The van der Waals surface area contributed by atoms with E-state index in [1.807, 2.05) is 0 Å². The van der Waals surface area contributed by atoms with E-state index in [-0.39, 0.29) is 6.42 Å². The molecular formula is C12H23NO4. The molecule has 17 heavy (non-hydrogen) atoms. The molecular weight excluding hydrogens is 222 g/mol. The van der Waals surface area contributed by atoms with Gasteiger partial charge in [-0.05, 0) is 32.5 Å². The lowest BCUT2D eigenvalue weighted by molar-refractivity contribution is -0.148. The quantitative estimate of drug-likeness (QED) is 0.572. The summed E-state index contributed by atoms with van der Waals surface area (Å²) in [6, 6.07) is 0. The lowest BCUT2D eigenvalue weighted by Crippen LogP contribution is -2.24. The van der Waals surface area contributed by atoms with Gasteiger partial charge in [0.25, 0.3) is 0 Å². The van der Waals surface area contributed by atoms with Crippen molar-refractivity contribution in [1.82, 2.24) is 4.90 Å². The number of nitrogens with zero attached hydrogens (tertiary/aromatic N) is 1. The van der Waals surface area contributed by atoms with Crippen molar-refractivity contribution in [2.75, 3.05) is 19.6 Å². The molecule has 0 spiro atoms. The van der Waals surface area contributed by atoms with Crippen LogP contribution in [0.2, 0.25) is 0 Å². The number of carboxylic acids is 2. The van der Waals surface area contributed by atoms with Gasteiger partial charge < -0.3 is 15.1 Å². The van der Waals surface area contributed by atoms with Gasteiger partial charge >= 0.3 is 11.9 Å². The summed E-state index contributed by atoms with van der Waals surface area (Å²) in [6.45, 7) is 7.12. The van der Waals surface area contributed by atoms with Crippen molar-refractivity contribution in [3.05, 3.63) is 0 Å². The molecule has 0 amide bonds. The van der Waals surface area contributed by atoms with Crippen LogP contribution in [0.25, 0.3) is 0 Å². The summed E-state index contributed by atoms with van der Waals surface area (Å²) in [5.74, 6) is -2.79. The third-order valence-electron chi connectivity index (χ3n) is 2.94. The van der Waals surface area contributed by atoms with Crippen molar-refractivity contribution in [2.24, 2.45) is 5.92 Å². The minimum Gasteiger partial charge on any atom is -0.481 e. The number of hydrogen-bond acceptors (Lipinski definition) is 3. The Morgan fingerprint density at radius 1 is 1.12 bits per heavy atom. The zero-order chi connectivity index (χ0) is 13.3. The number of rotatable bonds is 10. The van der Waals surface area contributed by atoms with Crippen molar-refractivity contribution >= 4 is 11.9 Å². The number of carbonyl (C=O) groups is 2. The fourth-order valence-corrected chi connectivity index (χ4v) is 1.79. The van der Waals surface area contributed by atoms with Crippen molar-refractivity contribution in [1.29, 1.82) is 0 Å². The minimum absolute atomic E-state index is 0.277. The van der Waals surface area contributed by atoms with E-state index in [4.69, 9.17) is 10.2 Å². The molecule has 0 aromatic carbocycles. The van der Waals surface area contributed by atoms with E-state index < -0.39 is 17.9 Å². The molecule has 0 radical (unpaired) electrons. The summed E-state index contributed by atoms with van der Waals surface area (Å²) in [5.41, 5.74) is 0. The first-order valence-corrected chi connectivity index (χ1v) is 6.18. The van der Waals surface area contributed by atoms with Crippen molar-refractivity contribution < 1.29 is 19.8 Å². The standard InChI is InChI=1S/C12H23NO4/c1-3-13(4-2)8-6-5-7-10(12(16)17)9-11(14)15/h10H,3-9H2,1-2H3,(H,14,15)(H,16,17). The van der Waals surface area contributed by atoms with Crippen LogP contribution in [0.4, 0.5) is 0 Å². The van der Waals surface area contributed by atoms with Gasteiger partial charge in [-0.25, -0.2) is 0 Å². The second-order valence-corrected chi connectivity index (χ2v) is 4.16. The highest BCUT2D eigenvalue weighted by atomic mass is 16.4. The second-order valence-electron chi connectivity index (χ2n) is 4.16. The van der Waals surface area contributed by atoms with E-state index >= 15 is 0 Å². The SMILES string of the molecule is CCN(CC)CCCCC(CC(=O)O)C(=O)O. The predicted octanol–water partition coefficient (Wildman–Crippen LogP) is 1.67. The zero-order valence-corrected chi connectivity index (χ0v) is 10.7. The fourth-order valence-electron chi connectivity index (χ4n) is 1.79. The average molecular weight is 245 g/mol. The highest BCUT2D eigenvalue weighted by Gasteiger charge is 2.20. The molecule has 2 N–H and O–H groups in total. The Morgan fingerprint density at radius 2 is 1.71 bits per heavy atom. The zero-order valence-electron chi connectivity index (χ0n) is 10.7. The summed E-state index contributed by atoms with van der Waals surface area (Å²) >= 11 is 0. The van der Waals surface area contributed by atoms with Gasteiger partial charge in [-0.2, -0.15) is 0 Å². The van der Waals surface area contributed by atoms with Crippen LogP contribution in [0.15, 0.2) is 0 Å². The number of unbranched alkanes of at least 4 members (excludes halogenated alkanes) is 1. The normalized spacial score (nSPS) is 12.6. The molecule has 0 aliphatic rings. The van der Waals surface area contributed by atoms with Crippen LogP contribution in [0.3, 0.4) is 0 Å². The first-order chi connectivity index (χ1) is 8.01. The van der Waals surface area contributed by atoms with Gasteiger partial charge in [0.05, 0.1) is 12.3 Å². The number of aliphatic carboxylic acids is 2. The highest BCUT2D eigenvalue weighted by Crippen LogP contribution is 2.13. The average Bonchev–Trinajstić information content (AvgIpc) is 2.27. The molecule has 0 heterocycles. The Labute approximate surface area is 102 Å². The van der Waals surface area contributed by atoms with Crippen LogP contribution >= 0.6 is 0 Å². The molecule has 5 nitrogen and oxygen atoms in total. The third kappa shape index (κ3) is 7.74. The van der Waals surface area contributed by atoms with Gasteiger partial charge in [-0.15, -0.1) is 0 Å². The van der Waals surface area contributed by atoms with E-state index in [9.17, 15) is 9.59 Å². The van der Waals surface area contributed by atoms with Gasteiger partial charge in [0.2, 0.25) is 0 Å². The first-order valence-electron chi connectivity index (χ1n) is 6.18. The molecule has 100 valence electrons. The maximum absolute atomic E-state index is 10.8. The monoisotopic (exact) mass is 245 g/mol. The predicted molar refractivity (Wildman–Crippen MR) is 65.0 cm³/mol. The van der Waals surface area contributed by atoms with Gasteiger partial charge in [0.15, 0.2) is 0 Å². The smallest absolute Gasteiger partial charge is 0.307 e. The first kappa shape index (κ1) is 15.9. The Kier molecular flexibility index (Phi) is 8.40. The molecule has 5 heteroatoms. The Bertz CT molecular complexity index is 239. The van der Waals surface area contributed by atoms with Gasteiger partial charge in [-0.3, -0.25) is 9.59 Å². The van der Waals surface area contributed by atoms with Crippen LogP contribution in [0.5, 0.6) is 0 Å². The van der Waals surface area contributed by atoms with Crippen LogP contribution in [0.1, 0.15) is 39.5 Å². The molecule has 0 aliphatic heterocycles. The molecule has 0 saturated carbocycles. The molecule has 0 saturated heterocycles. The fraction of sp³-hybridized carbons (Fsp3) is 0.833. The van der Waals surface area contributed by atoms with Gasteiger partial charge in [0.1, 0.15) is 0 Å². The van der Waals surface area contributed by atoms with Crippen LogP contribution in [-0.4, -0.2) is 46.7 Å². The maximum Gasteiger partial charge on any atom is 0.307 e. The van der Waals surface area contributed by atoms with E-state index in [1.165, 1.54) is 0 Å². The van der Waals surface area contributed by atoms with Crippen molar-refractivity contribution in [2.45, 2.75) is 39.5 Å². The second kappa shape index (κ2) is 8.98. The number of carboxylic acid groups (broad SMARTS) is 2. The van der Waals surface area contributed by atoms with E-state index in [0.717, 1.165) is 32.5 Å². The van der Waals surface area contributed by atoms with Gasteiger partial charge in [0, 0.05) is 0 Å². The largest absolute Gasteiger partial charge is 0.481 e. The van der Waals surface area contributed by atoms with E-state index in [0.29, 0.717) is 6.42 Å². The molecule has 1 unspecified atom stereocenters. The summed E-state index contributed by atoms with van der Waals surface area (Å²) in [7, 11) is 0. The summed E-state index contributed by atoms with van der Waals surface area (Å²) in [6.07, 6.45) is 1.86. The topological polar surface area (TPSA) is 77.8 Å². The Morgan fingerprint density at radius 3 is 2.12 bits per heavy atom. The maximum atomic E-state index is 10.8. The van der Waals surface area contributed by atoms with Crippen LogP contribution < -0.4 is 0 Å². The van der Waals surface area contributed by atoms with Crippen LogP contribution in [0, 0.1) is 5.92 Å². The minimum atomic E-state index is -1.04. The van der Waals surface area contributed by atoms with Crippen molar-refractivity contribution in [3.63, 3.8) is 0 Å². The van der Waals surface area contributed by atoms with Crippen molar-refractivity contribution in [3.8, 4) is 0 Å². The lowest BCUT2D eigenvalue weighted by Gasteiger charge is -2.18. The van der Waals surface area contributed by atoms with Crippen LogP contribution in [-0.2, 0) is 9.59 Å². The summed E-state index contributed by atoms with van der Waals surface area (Å²) in [4.78, 5) is 23.5. The molecule has 0 bridgehead atoms. The molecule has 0 rings (SSSR count). The number of hydrogen-bond donors (Lipinski definition) is 2.